The predicted octanol–water partition coefficient (Wildman–Crippen LogP) is 4.54. The molecule has 0 aliphatic heterocycles. The molecule has 2 aromatic rings. The number of carbonyl (C=O) groups is 2. The first-order valence-corrected chi connectivity index (χ1v) is 10.5. The van der Waals surface area contributed by atoms with Gasteiger partial charge in [0.15, 0.2) is 13.2 Å². The van der Waals surface area contributed by atoms with Crippen molar-refractivity contribution in [3.63, 3.8) is 0 Å². The normalized spacial score (nSPS) is 11.6. The maximum absolute atomic E-state index is 12.1. The molecule has 0 heterocycles. The summed E-state index contributed by atoms with van der Waals surface area (Å²) >= 11 is 5.97. The second-order valence-electron chi connectivity index (χ2n) is 9.32. The minimum absolute atomic E-state index is 0.00619. The van der Waals surface area contributed by atoms with E-state index in [-0.39, 0.29) is 24.0 Å². The molecule has 0 fully saturated rings. The smallest absolute Gasteiger partial charge is 0.276 e. The third-order valence-corrected chi connectivity index (χ3v) is 4.86. The van der Waals surface area contributed by atoms with Gasteiger partial charge >= 0.3 is 0 Å². The molecular formula is C24H31ClN2O4. The molecule has 7 heteroatoms. The largest absolute Gasteiger partial charge is 0.483 e. The number of carbonyl (C=O) groups excluding carboxylic acids is 2. The number of halogens is 1. The van der Waals surface area contributed by atoms with Crippen LogP contribution in [0.1, 0.15) is 52.7 Å². The zero-order valence-electron chi connectivity index (χ0n) is 19.0. The number of amides is 2. The number of hydrogen-bond acceptors (Lipinski definition) is 4. The molecule has 0 atom stereocenters. The molecule has 2 amide bonds. The lowest BCUT2D eigenvalue weighted by Crippen LogP contribution is -2.45. The van der Waals surface area contributed by atoms with Crippen molar-refractivity contribution in [1.82, 2.24) is 10.9 Å². The molecule has 0 aliphatic carbocycles. The summed E-state index contributed by atoms with van der Waals surface area (Å²) in [6.07, 6.45) is 0. The van der Waals surface area contributed by atoms with Gasteiger partial charge in [-0.05, 0) is 40.2 Å². The summed E-state index contributed by atoms with van der Waals surface area (Å²) in [4.78, 5) is 24.0. The molecule has 0 radical (unpaired) electrons. The molecule has 2 aromatic carbocycles. The van der Waals surface area contributed by atoms with Crippen molar-refractivity contribution in [3.8, 4) is 11.5 Å². The van der Waals surface area contributed by atoms with Gasteiger partial charge < -0.3 is 9.47 Å². The molecule has 0 aromatic heterocycles. The number of hydrazine groups is 1. The fourth-order valence-corrected chi connectivity index (χ4v) is 2.96. The van der Waals surface area contributed by atoms with Crippen LogP contribution in [0.25, 0.3) is 0 Å². The molecule has 0 unspecified atom stereocenters. The van der Waals surface area contributed by atoms with Crippen molar-refractivity contribution in [2.45, 2.75) is 52.4 Å². The lowest BCUT2D eigenvalue weighted by molar-refractivity contribution is -0.131. The fraction of sp³-hybridized carbons (Fsp3) is 0.417. The van der Waals surface area contributed by atoms with Crippen molar-refractivity contribution >= 4 is 23.4 Å². The molecule has 6 nitrogen and oxygen atoms in total. The summed E-state index contributed by atoms with van der Waals surface area (Å²) in [5, 5.41) is 0.403. The van der Waals surface area contributed by atoms with E-state index in [1.165, 1.54) is 5.56 Å². The van der Waals surface area contributed by atoms with Crippen LogP contribution >= 0.6 is 11.6 Å². The highest BCUT2D eigenvalue weighted by atomic mass is 35.5. The van der Waals surface area contributed by atoms with E-state index in [1.807, 2.05) is 12.1 Å². The van der Waals surface area contributed by atoms with E-state index in [1.54, 1.807) is 24.3 Å². The maximum atomic E-state index is 12.1. The third kappa shape index (κ3) is 7.47. The quantitative estimate of drug-likeness (QED) is 0.638. The first kappa shape index (κ1) is 24.5. The number of nitrogens with one attached hydrogen (secondary N) is 2. The zero-order chi connectivity index (χ0) is 23.2. The Morgan fingerprint density at radius 3 is 1.87 bits per heavy atom. The van der Waals surface area contributed by atoms with Crippen molar-refractivity contribution in [2.24, 2.45) is 0 Å². The van der Waals surface area contributed by atoms with Crippen molar-refractivity contribution in [3.05, 3.63) is 58.6 Å². The molecule has 2 N–H and O–H groups in total. The Morgan fingerprint density at radius 2 is 1.35 bits per heavy atom. The van der Waals surface area contributed by atoms with Crippen molar-refractivity contribution < 1.29 is 19.1 Å². The average Bonchev–Trinajstić information content (AvgIpc) is 2.68. The standard InChI is InChI=1S/C24H31ClN2O4/c1-23(2,3)16-11-12-19(17(13-16)24(4,5)6)30-14-21(28)26-27-22(29)15-31-20-10-8-7-9-18(20)25/h7-13H,14-15H2,1-6H3,(H,26,28)(H,27,29). The van der Waals surface area contributed by atoms with E-state index >= 15 is 0 Å². The van der Waals surface area contributed by atoms with E-state index in [9.17, 15) is 9.59 Å². The van der Waals surface area contributed by atoms with E-state index < -0.39 is 11.8 Å². The van der Waals surface area contributed by atoms with Crippen LogP contribution in [0.3, 0.4) is 0 Å². The Kier molecular flexibility index (Phi) is 7.96. The fourth-order valence-electron chi connectivity index (χ4n) is 2.77. The minimum atomic E-state index is -0.516. The number of para-hydroxylation sites is 1. The summed E-state index contributed by atoms with van der Waals surface area (Å²) in [6, 6.07) is 12.9. The van der Waals surface area contributed by atoms with Crippen LogP contribution in [-0.4, -0.2) is 25.0 Å². The number of benzene rings is 2. The predicted molar refractivity (Wildman–Crippen MR) is 123 cm³/mol. The van der Waals surface area contributed by atoms with Crippen molar-refractivity contribution in [2.75, 3.05) is 13.2 Å². The number of ether oxygens (including phenoxy) is 2. The van der Waals surface area contributed by atoms with Gasteiger partial charge in [-0.3, -0.25) is 20.4 Å². The van der Waals surface area contributed by atoms with Gasteiger partial charge in [-0.15, -0.1) is 0 Å². The van der Waals surface area contributed by atoms with E-state index in [2.05, 4.69) is 58.5 Å². The molecule has 0 spiro atoms. The van der Waals surface area contributed by atoms with Gasteiger partial charge in [0, 0.05) is 0 Å². The summed E-state index contributed by atoms with van der Waals surface area (Å²) < 4.78 is 11.1. The second-order valence-corrected chi connectivity index (χ2v) is 9.72. The summed E-state index contributed by atoms with van der Waals surface area (Å²) in [6.45, 7) is 12.2. The SMILES string of the molecule is CC(C)(C)c1ccc(OCC(=O)NNC(=O)COc2ccccc2Cl)c(C(C)(C)C)c1. The van der Waals surface area contributed by atoms with E-state index in [0.717, 1.165) is 5.56 Å². The minimum Gasteiger partial charge on any atom is -0.483 e. The van der Waals surface area contributed by atoms with Crippen molar-refractivity contribution in [1.29, 1.82) is 0 Å². The van der Waals surface area contributed by atoms with Crippen LogP contribution in [-0.2, 0) is 20.4 Å². The van der Waals surface area contributed by atoms with Gasteiger partial charge in [0.25, 0.3) is 11.8 Å². The molecule has 0 saturated carbocycles. The lowest BCUT2D eigenvalue weighted by Gasteiger charge is -2.27. The molecule has 31 heavy (non-hydrogen) atoms. The average molecular weight is 447 g/mol. The Hall–Kier alpha value is -2.73. The molecule has 168 valence electrons. The summed E-state index contributed by atoms with van der Waals surface area (Å²) in [5.41, 5.74) is 6.68. The molecule has 0 saturated heterocycles. The van der Waals surface area contributed by atoms with Gasteiger partial charge in [-0.2, -0.15) is 0 Å². The van der Waals surface area contributed by atoms with E-state index in [4.69, 9.17) is 21.1 Å². The topological polar surface area (TPSA) is 76.7 Å². The molecule has 2 rings (SSSR count). The Morgan fingerprint density at radius 1 is 0.806 bits per heavy atom. The first-order valence-electron chi connectivity index (χ1n) is 10.1. The van der Waals surface area contributed by atoms with Crippen LogP contribution < -0.4 is 20.3 Å². The van der Waals surface area contributed by atoms with Gasteiger partial charge in [-0.1, -0.05) is 77.4 Å². The molecule has 0 bridgehead atoms. The maximum Gasteiger partial charge on any atom is 0.276 e. The lowest BCUT2D eigenvalue weighted by atomic mass is 9.80. The highest BCUT2D eigenvalue weighted by molar-refractivity contribution is 6.32. The van der Waals surface area contributed by atoms with Crippen LogP contribution in [0, 0.1) is 0 Å². The Labute approximate surface area is 189 Å². The van der Waals surface area contributed by atoms with Gasteiger partial charge in [0.05, 0.1) is 5.02 Å². The van der Waals surface area contributed by atoms with Gasteiger partial charge in [0.1, 0.15) is 11.5 Å². The first-order chi connectivity index (χ1) is 14.4. The summed E-state index contributed by atoms with van der Waals surface area (Å²) in [7, 11) is 0. The monoisotopic (exact) mass is 446 g/mol. The van der Waals surface area contributed by atoms with Crippen LogP contribution in [0.4, 0.5) is 0 Å². The number of hydrogen-bond donors (Lipinski definition) is 2. The Balaban J connectivity index is 1.89. The third-order valence-electron chi connectivity index (χ3n) is 4.55. The molecule has 0 aliphatic rings. The molecular weight excluding hydrogens is 416 g/mol. The van der Waals surface area contributed by atoms with Gasteiger partial charge in [-0.25, -0.2) is 0 Å². The highest BCUT2D eigenvalue weighted by Gasteiger charge is 2.23. The zero-order valence-corrected chi connectivity index (χ0v) is 19.7. The van der Waals surface area contributed by atoms with Crippen LogP contribution in [0.2, 0.25) is 5.02 Å². The highest BCUT2D eigenvalue weighted by Crippen LogP contribution is 2.35. The van der Waals surface area contributed by atoms with Crippen LogP contribution in [0.15, 0.2) is 42.5 Å². The summed E-state index contributed by atoms with van der Waals surface area (Å²) in [5.74, 6) is 0.0375. The van der Waals surface area contributed by atoms with E-state index in [0.29, 0.717) is 16.5 Å². The van der Waals surface area contributed by atoms with Gasteiger partial charge in [0.2, 0.25) is 0 Å². The number of rotatable bonds is 6. The Bertz CT molecular complexity index is 930. The van der Waals surface area contributed by atoms with Crippen LogP contribution in [0.5, 0.6) is 11.5 Å². The second kappa shape index (κ2) is 10.1.